The third-order valence-corrected chi connectivity index (χ3v) is 3.34. The van der Waals surface area contributed by atoms with Gasteiger partial charge in [-0.3, -0.25) is 4.79 Å². The van der Waals surface area contributed by atoms with Gasteiger partial charge in [0.1, 0.15) is 6.61 Å². The van der Waals surface area contributed by atoms with Gasteiger partial charge in [-0.05, 0) is 26.3 Å². The summed E-state index contributed by atoms with van der Waals surface area (Å²) in [6, 6.07) is 2.05. The molecule has 6 heteroatoms. The molecule has 1 atom stereocenters. The Morgan fingerprint density at radius 2 is 2.53 bits per heavy atom. The highest BCUT2D eigenvalue weighted by atomic mass is 16.5. The maximum atomic E-state index is 12.3. The van der Waals surface area contributed by atoms with Gasteiger partial charge in [-0.1, -0.05) is 5.16 Å². The van der Waals surface area contributed by atoms with Crippen molar-refractivity contribution < 1.29 is 14.1 Å². The maximum absolute atomic E-state index is 12.3. The van der Waals surface area contributed by atoms with Crippen LogP contribution in [-0.2, 0) is 11.3 Å². The molecule has 1 aliphatic heterocycles. The van der Waals surface area contributed by atoms with Gasteiger partial charge in [-0.25, -0.2) is 0 Å². The highest BCUT2D eigenvalue weighted by Gasteiger charge is 2.23. The van der Waals surface area contributed by atoms with E-state index in [9.17, 15) is 4.79 Å². The second kappa shape index (κ2) is 6.68. The molecule has 19 heavy (non-hydrogen) atoms. The third kappa shape index (κ3) is 3.54. The van der Waals surface area contributed by atoms with Gasteiger partial charge in [0, 0.05) is 32.3 Å². The molecule has 2 rings (SSSR count). The number of methoxy groups -OCH3 is 1. The molecule has 0 radical (unpaired) electrons. The standard InChI is InChI=1S/C13H21N3O3/c1-3-16(8-10-5-4-6-14-10)13(17)12-7-11(9-18-2)19-15-12/h7,10,14H,3-6,8-9H2,1-2H3. The van der Waals surface area contributed by atoms with Crippen LogP contribution in [-0.4, -0.2) is 48.7 Å². The van der Waals surface area contributed by atoms with Crippen molar-refractivity contribution in [3.05, 3.63) is 17.5 Å². The van der Waals surface area contributed by atoms with Gasteiger partial charge in [0.2, 0.25) is 0 Å². The van der Waals surface area contributed by atoms with E-state index in [2.05, 4.69) is 10.5 Å². The third-order valence-electron chi connectivity index (χ3n) is 3.34. The van der Waals surface area contributed by atoms with E-state index in [1.54, 1.807) is 18.1 Å². The summed E-state index contributed by atoms with van der Waals surface area (Å²) in [5.74, 6) is 0.489. The van der Waals surface area contributed by atoms with Crippen molar-refractivity contribution in [2.45, 2.75) is 32.4 Å². The normalized spacial score (nSPS) is 18.7. The van der Waals surface area contributed by atoms with Crippen LogP contribution in [0.5, 0.6) is 0 Å². The maximum Gasteiger partial charge on any atom is 0.276 e. The molecule has 106 valence electrons. The molecular formula is C13H21N3O3. The first kappa shape index (κ1) is 14.0. The van der Waals surface area contributed by atoms with Crippen LogP contribution in [0, 0.1) is 0 Å². The van der Waals surface area contributed by atoms with Crippen molar-refractivity contribution in [1.82, 2.24) is 15.4 Å². The molecular weight excluding hydrogens is 246 g/mol. The number of aromatic nitrogens is 1. The van der Waals surface area contributed by atoms with E-state index in [-0.39, 0.29) is 5.91 Å². The van der Waals surface area contributed by atoms with Crippen LogP contribution < -0.4 is 5.32 Å². The number of carbonyl (C=O) groups is 1. The Bertz CT molecular complexity index is 413. The predicted octanol–water partition coefficient (Wildman–Crippen LogP) is 1.04. The average molecular weight is 267 g/mol. The lowest BCUT2D eigenvalue weighted by atomic mass is 10.2. The van der Waals surface area contributed by atoms with E-state index in [0.29, 0.717) is 30.6 Å². The van der Waals surface area contributed by atoms with Crippen LogP contribution in [0.15, 0.2) is 10.6 Å². The van der Waals surface area contributed by atoms with Crippen LogP contribution in [0.1, 0.15) is 36.0 Å². The SMILES string of the molecule is CCN(CC1CCCN1)C(=O)c1cc(COC)on1. The summed E-state index contributed by atoms with van der Waals surface area (Å²) in [5, 5.41) is 7.21. The summed E-state index contributed by atoms with van der Waals surface area (Å²) in [4.78, 5) is 14.1. The molecule has 1 saturated heterocycles. The first-order chi connectivity index (χ1) is 9.24. The number of carbonyl (C=O) groups excluding carboxylic acids is 1. The van der Waals surface area contributed by atoms with Gasteiger partial charge < -0.3 is 19.5 Å². The van der Waals surface area contributed by atoms with Crippen LogP contribution in [0.4, 0.5) is 0 Å². The highest BCUT2D eigenvalue weighted by molar-refractivity contribution is 5.92. The van der Waals surface area contributed by atoms with Crippen LogP contribution in [0.2, 0.25) is 0 Å². The molecule has 0 spiro atoms. The van der Waals surface area contributed by atoms with Crippen molar-refractivity contribution in [2.75, 3.05) is 26.7 Å². The lowest BCUT2D eigenvalue weighted by Gasteiger charge is -2.23. The topological polar surface area (TPSA) is 67.6 Å². The summed E-state index contributed by atoms with van der Waals surface area (Å²) in [5.41, 5.74) is 0.354. The molecule has 0 aromatic carbocycles. The fourth-order valence-electron chi connectivity index (χ4n) is 2.32. The summed E-state index contributed by atoms with van der Waals surface area (Å²) in [6.07, 6.45) is 2.30. The average Bonchev–Trinajstić information content (AvgIpc) is 3.06. The number of hydrogen-bond acceptors (Lipinski definition) is 5. The number of ether oxygens (including phenoxy) is 1. The summed E-state index contributed by atoms with van der Waals surface area (Å²) in [7, 11) is 1.58. The summed E-state index contributed by atoms with van der Waals surface area (Å²) >= 11 is 0. The Morgan fingerprint density at radius 1 is 1.68 bits per heavy atom. The minimum absolute atomic E-state index is 0.0812. The first-order valence-corrected chi connectivity index (χ1v) is 6.71. The lowest BCUT2D eigenvalue weighted by Crippen LogP contribution is -2.41. The minimum atomic E-state index is -0.0812. The molecule has 1 aromatic rings. The van der Waals surface area contributed by atoms with Gasteiger partial charge in [0.15, 0.2) is 11.5 Å². The molecule has 1 amide bonds. The monoisotopic (exact) mass is 267 g/mol. The zero-order valence-corrected chi connectivity index (χ0v) is 11.5. The minimum Gasteiger partial charge on any atom is -0.377 e. The van der Waals surface area contributed by atoms with E-state index in [1.165, 1.54) is 6.42 Å². The molecule has 1 fully saturated rings. The summed E-state index contributed by atoms with van der Waals surface area (Å²) < 4.78 is 10.00. The molecule has 0 aliphatic carbocycles. The Morgan fingerprint density at radius 3 is 3.16 bits per heavy atom. The van der Waals surface area contributed by atoms with Crippen molar-refractivity contribution in [1.29, 1.82) is 0 Å². The Labute approximate surface area is 113 Å². The first-order valence-electron chi connectivity index (χ1n) is 6.71. The zero-order valence-electron chi connectivity index (χ0n) is 11.5. The quantitative estimate of drug-likeness (QED) is 0.834. The van der Waals surface area contributed by atoms with Crippen molar-refractivity contribution in [2.24, 2.45) is 0 Å². The van der Waals surface area contributed by atoms with Gasteiger partial charge in [-0.2, -0.15) is 0 Å². The fraction of sp³-hybridized carbons (Fsp3) is 0.692. The van der Waals surface area contributed by atoms with Crippen LogP contribution >= 0.6 is 0 Å². The largest absolute Gasteiger partial charge is 0.377 e. The van der Waals surface area contributed by atoms with Gasteiger partial charge in [0.25, 0.3) is 5.91 Å². The molecule has 2 heterocycles. The highest BCUT2D eigenvalue weighted by Crippen LogP contribution is 2.11. The van der Waals surface area contributed by atoms with Gasteiger partial charge in [-0.15, -0.1) is 0 Å². The van der Waals surface area contributed by atoms with E-state index in [0.717, 1.165) is 19.5 Å². The van der Waals surface area contributed by atoms with E-state index in [4.69, 9.17) is 9.26 Å². The molecule has 1 N–H and O–H groups in total. The number of nitrogens with one attached hydrogen (secondary N) is 1. The summed E-state index contributed by atoms with van der Waals surface area (Å²) in [6.45, 7) is 4.74. The van der Waals surface area contributed by atoms with Crippen molar-refractivity contribution >= 4 is 5.91 Å². The Hall–Kier alpha value is -1.40. The number of nitrogens with zero attached hydrogens (tertiary/aromatic N) is 2. The predicted molar refractivity (Wildman–Crippen MR) is 69.8 cm³/mol. The van der Waals surface area contributed by atoms with Crippen molar-refractivity contribution in [3.63, 3.8) is 0 Å². The molecule has 1 aliphatic rings. The van der Waals surface area contributed by atoms with E-state index in [1.807, 2.05) is 6.92 Å². The molecule has 1 unspecified atom stereocenters. The van der Waals surface area contributed by atoms with Gasteiger partial charge >= 0.3 is 0 Å². The molecule has 0 bridgehead atoms. The zero-order chi connectivity index (χ0) is 13.7. The Balaban J connectivity index is 1.97. The number of amides is 1. The smallest absolute Gasteiger partial charge is 0.276 e. The molecule has 1 aromatic heterocycles. The van der Waals surface area contributed by atoms with Gasteiger partial charge in [0.05, 0.1) is 0 Å². The van der Waals surface area contributed by atoms with Crippen LogP contribution in [0.3, 0.4) is 0 Å². The molecule has 0 saturated carbocycles. The fourth-order valence-corrected chi connectivity index (χ4v) is 2.32. The Kier molecular flexibility index (Phi) is 4.93. The van der Waals surface area contributed by atoms with E-state index < -0.39 is 0 Å². The molecule has 6 nitrogen and oxygen atoms in total. The van der Waals surface area contributed by atoms with Crippen molar-refractivity contribution in [3.8, 4) is 0 Å². The number of rotatable bonds is 6. The number of likely N-dealkylation sites (N-methyl/N-ethyl adjacent to an activating group) is 1. The second-order valence-corrected chi connectivity index (χ2v) is 4.75. The van der Waals surface area contributed by atoms with Crippen LogP contribution in [0.25, 0.3) is 0 Å². The second-order valence-electron chi connectivity index (χ2n) is 4.75. The van der Waals surface area contributed by atoms with E-state index >= 15 is 0 Å². The number of hydrogen-bond donors (Lipinski definition) is 1. The lowest BCUT2D eigenvalue weighted by molar-refractivity contribution is 0.0740.